The number of furan rings is 1. The first-order valence-electron chi connectivity index (χ1n) is 9.37. The third-order valence-electron chi connectivity index (χ3n) is 4.56. The van der Waals surface area contributed by atoms with E-state index < -0.39 is 46.3 Å². The highest BCUT2D eigenvalue weighted by atomic mass is 32.2. The molecule has 2 heterocycles. The predicted octanol–water partition coefficient (Wildman–Crippen LogP) is 0.467. The Bertz CT molecular complexity index is 987. The maximum atomic E-state index is 12.6. The van der Waals surface area contributed by atoms with Crippen LogP contribution in [0.3, 0.4) is 0 Å². The zero-order valence-electron chi connectivity index (χ0n) is 16.1. The van der Waals surface area contributed by atoms with E-state index in [1.54, 1.807) is 30.3 Å². The highest BCUT2D eigenvalue weighted by Gasteiger charge is 2.30. The highest BCUT2D eigenvalue weighted by molar-refractivity contribution is 7.91. The van der Waals surface area contributed by atoms with Crippen LogP contribution in [0.4, 0.5) is 0 Å². The van der Waals surface area contributed by atoms with E-state index in [0.29, 0.717) is 6.42 Å². The minimum atomic E-state index is -3.13. The number of amides is 2. The first-order valence-corrected chi connectivity index (χ1v) is 11.2. The molecule has 1 saturated heterocycles. The van der Waals surface area contributed by atoms with Crippen LogP contribution in [0.2, 0.25) is 0 Å². The number of sulfone groups is 1. The molecule has 1 fully saturated rings. The van der Waals surface area contributed by atoms with Gasteiger partial charge in [-0.2, -0.15) is 0 Å². The molecule has 9 nitrogen and oxygen atoms in total. The summed E-state index contributed by atoms with van der Waals surface area (Å²) in [5.41, 5.74) is 0.791. The third kappa shape index (κ3) is 6.18. The molecule has 160 valence electrons. The summed E-state index contributed by atoms with van der Waals surface area (Å²) in [6.07, 6.45) is 1.83. The molecule has 3 rings (SSSR count). The smallest absolute Gasteiger partial charge is 0.329 e. The van der Waals surface area contributed by atoms with Crippen LogP contribution in [0.15, 0.2) is 53.1 Å². The van der Waals surface area contributed by atoms with Crippen molar-refractivity contribution in [1.29, 1.82) is 0 Å². The Kier molecular flexibility index (Phi) is 6.88. The van der Waals surface area contributed by atoms with Crippen LogP contribution in [-0.4, -0.2) is 56.4 Å². The van der Waals surface area contributed by atoms with Crippen LogP contribution in [0.5, 0.6) is 0 Å². The summed E-state index contributed by atoms with van der Waals surface area (Å²) in [7, 11) is -3.13. The molecule has 10 heteroatoms. The van der Waals surface area contributed by atoms with Gasteiger partial charge in [0.25, 0.3) is 11.8 Å². The fourth-order valence-corrected chi connectivity index (χ4v) is 4.77. The van der Waals surface area contributed by atoms with Crippen LogP contribution in [0.25, 0.3) is 0 Å². The lowest BCUT2D eigenvalue weighted by atomic mass is 10.1. The number of carbonyl (C=O) groups excluding carboxylic acids is 3. The Hall–Kier alpha value is -3.14. The third-order valence-corrected chi connectivity index (χ3v) is 6.33. The molecule has 2 amide bonds. The average Bonchev–Trinajstić information content (AvgIpc) is 3.36. The van der Waals surface area contributed by atoms with E-state index in [9.17, 15) is 22.8 Å². The summed E-state index contributed by atoms with van der Waals surface area (Å²) in [4.78, 5) is 36.9. The summed E-state index contributed by atoms with van der Waals surface area (Å²) in [5, 5.41) is 5.10. The second-order valence-electron chi connectivity index (χ2n) is 6.97. The van der Waals surface area contributed by atoms with E-state index in [-0.39, 0.29) is 23.7 Å². The predicted molar refractivity (Wildman–Crippen MR) is 106 cm³/mol. The minimum Gasteiger partial charge on any atom is -0.459 e. The fraction of sp³-hybridized carbons (Fsp3) is 0.350. The first-order chi connectivity index (χ1) is 14.3. The molecular formula is C20H22N2O7S. The van der Waals surface area contributed by atoms with Gasteiger partial charge < -0.3 is 19.8 Å². The molecule has 1 aromatic carbocycles. The van der Waals surface area contributed by atoms with Crippen LogP contribution < -0.4 is 10.6 Å². The Morgan fingerprint density at radius 1 is 1.13 bits per heavy atom. The molecule has 2 aromatic rings. The molecule has 30 heavy (non-hydrogen) atoms. The molecule has 0 spiro atoms. The minimum absolute atomic E-state index is 0.0235. The van der Waals surface area contributed by atoms with E-state index in [4.69, 9.17) is 9.15 Å². The van der Waals surface area contributed by atoms with Crippen molar-refractivity contribution in [2.24, 2.45) is 0 Å². The number of carbonyl (C=O) groups is 3. The van der Waals surface area contributed by atoms with Gasteiger partial charge in [0, 0.05) is 12.5 Å². The van der Waals surface area contributed by atoms with Gasteiger partial charge in [0.1, 0.15) is 6.04 Å². The SMILES string of the molecule is O=C(COC(=O)[C@H](Cc1ccccc1)NC(=O)c1ccco1)N[C@@H]1CCS(=O)(=O)C1. The summed E-state index contributed by atoms with van der Waals surface area (Å²) in [5.74, 6) is -2.02. The second-order valence-corrected chi connectivity index (χ2v) is 9.20. The van der Waals surface area contributed by atoms with Gasteiger partial charge in [-0.05, 0) is 24.1 Å². The van der Waals surface area contributed by atoms with Crippen molar-refractivity contribution in [3.05, 3.63) is 60.1 Å². The summed E-state index contributed by atoms with van der Waals surface area (Å²) >= 11 is 0. The van der Waals surface area contributed by atoms with Crippen LogP contribution in [0.1, 0.15) is 22.5 Å². The lowest BCUT2D eigenvalue weighted by Crippen LogP contribution is -2.45. The molecule has 0 unspecified atom stereocenters. The maximum Gasteiger partial charge on any atom is 0.329 e. The normalized spacial score (nSPS) is 18.3. The summed E-state index contributed by atoms with van der Waals surface area (Å²) in [6, 6.07) is 10.5. The molecule has 1 aromatic heterocycles. The van der Waals surface area contributed by atoms with Gasteiger partial charge >= 0.3 is 5.97 Å². The van der Waals surface area contributed by atoms with Gasteiger partial charge in [0.2, 0.25) is 0 Å². The second kappa shape index (κ2) is 9.57. The molecule has 0 bridgehead atoms. The van der Waals surface area contributed by atoms with Crippen molar-refractivity contribution in [3.63, 3.8) is 0 Å². The van der Waals surface area contributed by atoms with Gasteiger partial charge in [-0.3, -0.25) is 9.59 Å². The topological polar surface area (TPSA) is 132 Å². The van der Waals surface area contributed by atoms with Crippen molar-refractivity contribution >= 4 is 27.6 Å². The Balaban J connectivity index is 1.58. The Morgan fingerprint density at radius 3 is 2.53 bits per heavy atom. The van der Waals surface area contributed by atoms with Crippen molar-refractivity contribution in [2.45, 2.75) is 24.9 Å². The largest absolute Gasteiger partial charge is 0.459 e. The molecule has 1 aliphatic heterocycles. The maximum absolute atomic E-state index is 12.6. The van der Waals surface area contributed by atoms with Crippen molar-refractivity contribution in [2.75, 3.05) is 18.1 Å². The first kappa shape index (κ1) is 21.6. The number of nitrogens with one attached hydrogen (secondary N) is 2. The van der Waals surface area contributed by atoms with Crippen molar-refractivity contribution in [3.8, 4) is 0 Å². The van der Waals surface area contributed by atoms with Crippen LogP contribution in [-0.2, 0) is 30.6 Å². The Labute approximate surface area is 173 Å². The van der Waals surface area contributed by atoms with E-state index >= 15 is 0 Å². The van der Waals surface area contributed by atoms with Gasteiger partial charge in [0.15, 0.2) is 22.2 Å². The zero-order valence-corrected chi connectivity index (χ0v) is 16.9. The number of esters is 1. The average molecular weight is 434 g/mol. The highest BCUT2D eigenvalue weighted by Crippen LogP contribution is 2.11. The van der Waals surface area contributed by atoms with E-state index in [2.05, 4.69) is 10.6 Å². The van der Waals surface area contributed by atoms with E-state index in [1.165, 1.54) is 12.3 Å². The molecule has 1 aliphatic rings. The van der Waals surface area contributed by atoms with Gasteiger partial charge in [0.05, 0.1) is 17.8 Å². The summed E-state index contributed by atoms with van der Waals surface area (Å²) < 4.78 is 33.0. The summed E-state index contributed by atoms with van der Waals surface area (Å²) in [6.45, 7) is -0.572. The monoisotopic (exact) mass is 434 g/mol. The Morgan fingerprint density at radius 2 is 1.90 bits per heavy atom. The van der Waals surface area contributed by atoms with Crippen LogP contribution in [0, 0.1) is 0 Å². The lowest BCUT2D eigenvalue weighted by Gasteiger charge is -2.18. The fourth-order valence-electron chi connectivity index (χ4n) is 3.10. The van der Waals surface area contributed by atoms with Crippen molar-refractivity contribution in [1.82, 2.24) is 10.6 Å². The van der Waals surface area contributed by atoms with E-state index in [1.807, 2.05) is 6.07 Å². The van der Waals surface area contributed by atoms with Crippen LogP contribution >= 0.6 is 0 Å². The molecule has 2 atom stereocenters. The number of hydrogen-bond donors (Lipinski definition) is 2. The molecule has 0 radical (unpaired) electrons. The number of hydrogen-bond acceptors (Lipinski definition) is 7. The quantitative estimate of drug-likeness (QED) is 0.577. The van der Waals surface area contributed by atoms with Gasteiger partial charge in [-0.1, -0.05) is 30.3 Å². The number of rotatable bonds is 8. The standard InChI is InChI=1S/C20H22N2O7S/c23-18(21-15-8-10-30(26,27)13-15)12-29-20(25)16(11-14-5-2-1-3-6-14)22-19(24)17-7-4-9-28-17/h1-7,9,15-16H,8,10-13H2,(H,21,23)(H,22,24)/t15-,16+/m1/s1. The molecule has 0 saturated carbocycles. The molecule has 2 N–H and O–H groups in total. The van der Waals surface area contributed by atoms with E-state index in [0.717, 1.165) is 5.56 Å². The number of ether oxygens (including phenoxy) is 1. The van der Waals surface area contributed by atoms with Gasteiger partial charge in [-0.25, -0.2) is 13.2 Å². The zero-order chi connectivity index (χ0) is 21.6. The number of benzene rings is 1. The van der Waals surface area contributed by atoms with Crippen molar-refractivity contribution < 1.29 is 32.0 Å². The molecular weight excluding hydrogens is 412 g/mol. The van der Waals surface area contributed by atoms with Gasteiger partial charge in [-0.15, -0.1) is 0 Å². The molecule has 0 aliphatic carbocycles. The lowest BCUT2D eigenvalue weighted by molar-refractivity contribution is -0.150.